The Balaban J connectivity index is 2.31. The Labute approximate surface area is 112 Å². The summed E-state index contributed by atoms with van der Waals surface area (Å²) in [5, 5.41) is 0. The normalized spacial score (nSPS) is 10.7. The van der Waals surface area contributed by atoms with Crippen molar-refractivity contribution in [3.05, 3.63) is 42.2 Å². The van der Waals surface area contributed by atoms with Crippen LogP contribution in [-0.4, -0.2) is 31.3 Å². The molecule has 0 spiro atoms. The predicted molar refractivity (Wildman–Crippen MR) is 70.8 cm³/mol. The highest BCUT2D eigenvalue weighted by Crippen LogP contribution is 2.21. The van der Waals surface area contributed by atoms with Crippen molar-refractivity contribution in [2.24, 2.45) is 0 Å². The standard InChI is InChI=1S/C14H16N2O3/c1-17-11-6-4-10(5-7-11)13-15-9-8-12(16-13)14(18-2)19-3/h4-9,14H,1-3H3. The van der Waals surface area contributed by atoms with Gasteiger partial charge in [-0.3, -0.25) is 0 Å². The van der Waals surface area contributed by atoms with Crippen LogP contribution in [0.1, 0.15) is 12.0 Å². The molecule has 1 heterocycles. The molecule has 0 aliphatic carbocycles. The lowest BCUT2D eigenvalue weighted by Gasteiger charge is -2.13. The van der Waals surface area contributed by atoms with E-state index in [1.165, 1.54) is 0 Å². The lowest BCUT2D eigenvalue weighted by molar-refractivity contribution is -0.108. The van der Waals surface area contributed by atoms with E-state index in [-0.39, 0.29) is 0 Å². The summed E-state index contributed by atoms with van der Waals surface area (Å²) in [6.45, 7) is 0. The summed E-state index contributed by atoms with van der Waals surface area (Å²) in [4.78, 5) is 8.69. The van der Waals surface area contributed by atoms with E-state index in [4.69, 9.17) is 14.2 Å². The van der Waals surface area contributed by atoms with Gasteiger partial charge in [-0.05, 0) is 30.3 Å². The maximum absolute atomic E-state index is 5.18. The summed E-state index contributed by atoms with van der Waals surface area (Å²) in [7, 11) is 4.78. The molecule has 0 saturated heterocycles. The molecular weight excluding hydrogens is 244 g/mol. The van der Waals surface area contributed by atoms with E-state index in [2.05, 4.69) is 9.97 Å². The van der Waals surface area contributed by atoms with Crippen molar-refractivity contribution in [1.29, 1.82) is 0 Å². The fourth-order valence-electron chi connectivity index (χ4n) is 1.72. The molecule has 19 heavy (non-hydrogen) atoms. The third kappa shape index (κ3) is 3.07. The lowest BCUT2D eigenvalue weighted by atomic mass is 10.2. The lowest BCUT2D eigenvalue weighted by Crippen LogP contribution is -2.07. The molecule has 0 aliphatic rings. The fourth-order valence-corrected chi connectivity index (χ4v) is 1.72. The summed E-state index contributed by atoms with van der Waals surface area (Å²) < 4.78 is 15.5. The van der Waals surface area contributed by atoms with Crippen LogP contribution in [0.15, 0.2) is 36.5 Å². The molecule has 0 radical (unpaired) electrons. The van der Waals surface area contributed by atoms with Crippen molar-refractivity contribution in [3.63, 3.8) is 0 Å². The zero-order valence-corrected chi connectivity index (χ0v) is 11.2. The van der Waals surface area contributed by atoms with Gasteiger partial charge in [0.2, 0.25) is 6.29 Å². The van der Waals surface area contributed by atoms with Gasteiger partial charge in [-0.15, -0.1) is 0 Å². The minimum atomic E-state index is -0.486. The van der Waals surface area contributed by atoms with Gasteiger partial charge < -0.3 is 14.2 Å². The average molecular weight is 260 g/mol. The molecule has 0 amide bonds. The zero-order chi connectivity index (χ0) is 13.7. The highest BCUT2D eigenvalue weighted by molar-refractivity contribution is 5.56. The number of rotatable bonds is 5. The fraction of sp³-hybridized carbons (Fsp3) is 0.286. The first kappa shape index (κ1) is 13.5. The molecule has 0 atom stereocenters. The van der Waals surface area contributed by atoms with E-state index >= 15 is 0 Å². The van der Waals surface area contributed by atoms with E-state index < -0.39 is 6.29 Å². The second-order valence-electron chi connectivity index (χ2n) is 3.84. The van der Waals surface area contributed by atoms with E-state index in [1.54, 1.807) is 33.6 Å². The number of nitrogens with zero attached hydrogens (tertiary/aromatic N) is 2. The Morgan fingerprint density at radius 1 is 0.947 bits per heavy atom. The minimum absolute atomic E-state index is 0.486. The third-order valence-corrected chi connectivity index (χ3v) is 2.69. The second-order valence-corrected chi connectivity index (χ2v) is 3.84. The van der Waals surface area contributed by atoms with Crippen LogP contribution in [-0.2, 0) is 9.47 Å². The minimum Gasteiger partial charge on any atom is -0.497 e. The van der Waals surface area contributed by atoms with Crippen molar-refractivity contribution >= 4 is 0 Å². The molecule has 0 bridgehead atoms. The van der Waals surface area contributed by atoms with E-state index in [0.29, 0.717) is 11.5 Å². The first-order valence-electron chi connectivity index (χ1n) is 5.81. The van der Waals surface area contributed by atoms with Crippen molar-refractivity contribution in [3.8, 4) is 17.1 Å². The summed E-state index contributed by atoms with van der Waals surface area (Å²) in [5.74, 6) is 1.42. The van der Waals surface area contributed by atoms with Crippen LogP contribution in [0.25, 0.3) is 11.4 Å². The molecule has 0 fully saturated rings. The molecule has 0 unspecified atom stereocenters. The van der Waals surface area contributed by atoms with Crippen molar-refractivity contribution in [1.82, 2.24) is 9.97 Å². The molecule has 1 aromatic carbocycles. The number of benzene rings is 1. The first-order valence-corrected chi connectivity index (χ1v) is 5.81. The molecule has 0 N–H and O–H groups in total. The van der Waals surface area contributed by atoms with Crippen LogP contribution >= 0.6 is 0 Å². The van der Waals surface area contributed by atoms with Crippen molar-refractivity contribution < 1.29 is 14.2 Å². The quantitative estimate of drug-likeness (QED) is 0.773. The van der Waals surface area contributed by atoms with Gasteiger partial charge in [-0.25, -0.2) is 9.97 Å². The molecule has 0 saturated carbocycles. The predicted octanol–water partition coefficient (Wildman–Crippen LogP) is 2.44. The van der Waals surface area contributed by atoms with Gasteiger partial charge in [0.05, 0.1) is 7.11 Å². The Morgan fingerprint density at radius 3 is 2.21 bits per heavy atom. The van der Waals surface area contributed by atoms with Crippen molar-refractivity contribution in [2.45, 2.75) is 6.29 Å². The Bertz CT molecular complexity index is 524. The van der Waals surface area contributed by atoms with Crippen LogP contribution in [0.2, 0.25) is 0 Å². The largest absolute Gasteiger partial charge is 0.497 e. The number of aromatic nitrogens is 2. The maximum Gasteiger partial charge on any atom is 0.200 e. The van der Waals surface area contributed by atoms with Gasteiger partial charge >= 0.3 is 0 Å². The summed E-state index contributed by atoms with van der Waals surface area (Å²) in [6.07, 6.45) is 1.20. The topological polar surface area (TPSA) is 53.5 Å². The summed E-state index contributed by atoms with van der Waals surface area (Å²) in [5.41, 5.74) is 1.60. The van der Waals surface area contributed by atoms with E-state index in [0.717, 1.165) is 11.3 Å². The molecule has 5 heteroatoms. The Kier molecular flexibility index (Phi) is 4.43. The third-order valence-electron chi connectivity index (χ3n) is 2.69. The highest BCUT2D eigenvalue weighted by Gasteiger charge is 2.12. The number of ether oxygens (including phenoxy) is 3. The van der Waals surface area contributed by atoms with Crippen LogP contribution in [0, 0.1) is 0 Å². The molecule has 2 aromatic rings. The molecular formula is C14H16N2O3. The Morgan fingerprint density at radius 2 is 1.63 bits per heavy atom. The van der Waals surface area contributed by atoms with Gasteiger partial charge in [0.25, 0.3) is 0 Å². The van der Waals surface area contributed by atoms with E-state index in [9.17, 15) is 0 Å². The molecule has 5 nitrogen and oxygen atoms in total. The number of hydrogen-bond acceptors (Lipinski definition) is 5. The summed E-state index contributed by atoms with van der Waals surface area (Å²) >= 11 is 0. The van der Waals surface area contributed by atoms with Crippen LogP contribution < -0.4 is 4.74 Å². The molecule has 0 aliphatic heterocycles. The first-order chi connectivity index (χ1) is 9.28. The number of hydrogen-bond donors (Lipinski definition) is 0. The molecule has 2 rings (SSSR count). The van der Waals surface area contributed by atoms with E-state index in [1.807, 2.05) is 24.3 Å². The second kappa shape index (κ2) is 6.26. The Hall–Kier alpha value is -1.98. The van der Waals surface area contributed by atoms with Crippen LogP contribution in [0.3, 0.4) is 0 Å². The summed E-state index contributed by atoms with van der Waals surface area (Å²) in [6, 6.07) is 9.33. The SMILES string of the molecule is COc1ccc(-c2nccc(C(OC)OC)n2)cc1. The van der Waals surface area contributed by atoms with Gasteiger partial charge in [-0.2, -0.15) is 0 Å². The van der Waals surface area contributed by atoms with Gasteiger partial charge in [-0.1, -0.05) is 0 Å². The average Bonchev–Trinajstić information content (AvgIpc) is 2.49. The smallest absolute Gasteiger partial charge is 0.200 e. The molecule has 1 aromatic heterocycles. The molecule has 100 valence electrons. The van der Waals surface area contributed by atoms with Gasteiger partial charge in [0.15, 0.2) is 5.82 Å². The highest BCUT2D eigenvalue weighted by atomic mass is 16.7. The van der Waals surface area contributed by atoms with Crippen LogP contribution in [0.5, 0.6) is 5.75 Å². The van der Waals surface area contributed by atoms with Gasteiger partial charge in [0.1, 0.15) is 11.4 Å². The maximum atomic E-state index is 5.18. The van der Waals surface area contributed by atoms with Gasteiger partial charge in [0, 0.05) is 26.0 Å². The van der Waals surface area contributed by atoms with Crippen LogP contribution in [0.4, 0.5) is 0 Å². The van der Waals surface area contributed by atoms with Crippen molar-refractivity contribution in [2.75, 3.05) is 21.3 Å². The zero-order valence-electron chi connectivity index (χ0n) is 11.2. The number of methoxy groups -OCH3 is 3. The monoisotopic (exact) mass is 260 g/mol.